The Morgan fingerprint density at radius 3 is 2.13 bits per heavy atom. The molecule has 2 unspecified atom stereocenters. The summed E-state index contributed by atoms with van der Waals surface area (Å²) in [5.41, 5.74) is -0.213. The number of ether oxygens (including phenoxy) is 1. The summed E-state index contributed by atoms with van der Waals surface area (Å²) in [6.45, 7) is -1.03. The van der Waals surface area contributed by atoms with Crippen LogP contribution in [0.3, 0.4) is 0 Å². The summed E-state index contributed by atoms with van der Waals surface area (Å²) < 4.78 is 50.3. The molecule has 30 heavy (non-hydrogen) atoms. The number of amides is 2. The topological polar surface area (TPSA) is 256 Å². The van der Waals surface area contributed by atoms with Gasteiger partial charge in [-0.3, -0.25) is 0 Å². The van der Waals surface area contributed by atoms with E-state index in [4.69, 9.17) is 19.4 Å². The molecule has 2 aliphatic heterocycles. The van der Waals surface area contributed by atoms with Gasteiger partial charge in [-0.1, -0.05) is 0 Å². The zero-order valence-corrected chi connectivity index (χ0v) is 19.0. The van der Waals surface area contributed by atoms with Gasteiger partial charge in [-0.2, -0.15) is 0 Å². The van der Waals surface area contributed by atoms with Gasteiger partial charge in [0.1, 0.15) is 0 Å². The van der Waals surface area contributed by atoms with Crippen molar-refractivity contribution in [2.75, 3.05) is 6.61 Å². The molecule has 1 fully saturated rings. The van der Waals surface area contributed by atoms with Crippen LogP contribution in [0.25, 0.3) is 0 Å². The van der Waals surface area contributed by atoms with E-state index < -0.39 is 81.3 Å². The van der Waals surface area contributed by atoms with E-state index in [0.29, 0.717) is 0 Å². The third-order valence-corrected chi connectivity index (χ3v) is 9.10. The first-order chi connectivity index (χ1) is 13.6. The number of aliphatic hydroxyl groups excluding tert-OH is 2. The van der Waals surface area contributed by atoms with Crippen LogP contribution in [0.1, 0.15) is 0 Å². The maximum absolute atomic E-state index is 12.0. The molecule has 20 heteroatoms. The number of aliphatic hydroxyl groups is 2. The molecule has 0 radical (unpaired) electrons. The van der Waals surface area contributed by atoms with Gasteiger partial charge < -0.3 is 9.79 Å². The molecule has 0 aliphatic carbocycles. The van der Waals surface area contributed by atoms with Crippen molar-refractivity contribution in [3.8, 4) is 0 Å². The van der Waals surface area contributed by atoms with Crippen LogP contribution in [0.2, 0.25) is 5.82 Å². The Hall–Kier alpha value is -0.311. The molecule has 2 aliphatic rings. The third kappa shape index (κ3) is 6.36. The van der Waals surface area contributed by atoms with Crippen molar-refractivity contribution in [2.45, 2.75) is 30.2 Å². The number of hydrogen-bond acceptors (Lipinski definition) is 11. The van der Waals surface area contributed by atoms with Gasteiger partial charge in [0.2, 0.25) is 0 Å². The number of phosphoric ester groups is 1. The van der Waals surface area contributed by atoms with Crippen LogP contribution in [-0.2, 0) is 41.2 Å². The first-order valence-corrected chi connectivity index (χ1v) is 14.6. The molecule has 16 nitrogen and oxygen atoms in total. The van der Waals surface area contributed by atoms with Crippen molar-refractivity contribution in [1.82, 2.24) is 5.32 Å². The van der Waals surface area contributed by atoms with Crippen LogP contribution in [0, 0.1) is 0 Å². The number of nitrogens with one attached hydrogen (secondary N) is 1. The van der Waals surface area contributed by atoms with Crippen molar-refractivity contribution in [3.05, 3.63) is 10.0 Å². The van der Waals surface area contributed by atoms with Crippen molar-refractivity contribution >= 4 is 50.2 Å². The second-order valence-electron chi connectivity index (χ2n) is 5.69. The van der Waals surface area contributed by atoms with Gasteiger partial charge in [0, 0.05) is 0 Å². The molecule has 7 N–H and O–H groups in total. The number of hydrogen-bond donors (Lipinski definition) is 7. The summed E-state index contributed by atoms with van der Waals surface area (Å²) in [6.07, 6.45) is -6.54. The van der Waals surface area contributed by atoms with Gasteiger partial charge in [-0.15, -0.1) is 0 Å². The fourth-order valence-corrected chi connectivity index (χ4v) is 6.94. The van der Waals surface area contributed by atoms with Gasteiger partial charge in [-0.25, -0.2) is 4.57 Å². The van der Waals surface area contributed by atoms with E-state index in [9.17, 15) is 38.4 Å². The second-order valence-corrected chi connectivity index (χ2v) is 11.8. The van der Waals surface area contributed by atoms with E-state index >= 15 is 0 Å². The molecule has 6 atom stereocenters. The summed E-state index contributed by atoms with van der Waals surface area (Å²) in [6, 6.07) is 0. The van der Waals surface area contributed by atoms with E-state index in [-0.39, 0.29) is 10.0 Å². The van der Waals surface area contributed by atoms with E-state index in [0.717, 1.165) is 0 Å². The van der Waals surface area contributed by atoms with E-state index in [1.165, 1.54) is 0 Å². The van der Waals surface area contributed by atoms with Crippen LogP contribution < -0.4 is 5.32 Å². The molecule has 0 saturated carbocycles. The Balaban J connectivity index is 2.08. The molecule has 1 saturated heterocycles. The molecule has 0 bridgehead atoms. The minimum atomic E-state index is -5.73. The first-order valence-electron chi connectivity index (χ1n) is 7.50. The van der Waals surface area contributed by atoms with Crippen LogP contribution in [0.4, 0.5) is 0 Å². The quantitative estimate of drug-likeness (QED) is 0.0870. The standard InChI is InChI=1S/C10H16NO15P3Se/c1-30-8-4(9(14)11-10(8)15)7-6(13)5(12)3(24-7)2-23-28(19,20)26-29(21,22)25-27(16,17)18/h3,5-7,12-13H,2H2,1H3,(H,19,20)(H,21,22)(H,11,14,15)(H2,16,17,18)/t3-,5-,6-,7+/m1/s1. The van der Waals surface area contributed by atoms with Gasteiger partial charge in [-0.05, 0) is 0 Å². The Morgan fingerprint density at radius 1 is 1.00 bits per heavy atom. The van der Waals surface area contributed by atoms with Crippen LogP contribution >= 0.6 is 23.5 Å². The summed E-state index contributed by atoms with van der Waals surface area (Å²) in [7, 11) is -16.8. The van der Waals surface area contributed by atoms with Crippen LogP contribution in [-0.4, -0.2) is 87.6 Å². The molecule has 2 rings (SSSR count). The molecule has 2 heterocycles. The monoisotopic (exact) mass is 563 g/mol. The summed E-state index contributed by atoms with van der Waals surface area (Å²) >= 11 is -0.482. The summed E-state index contributed by atoms with van der Waals surface area (Å²) in [5.74, 6) is 0.0912. The van der Waals surface area contributed by atoms with Crippen molar-refractivity contribution in [2.24, 2.45) is 0 Å². The van der Waals surface area contributed by atoms with E-state index in [2.05, 4.69) is 13.1 Å². The number of carbonyl (C=O) groups excluding carboxylic acids is 2. The Kier molecular flexibility index (Phi) is 8.02. The van der Waals surface area contributed by atoms with Crippen LogP contribution in [0.5, 0.6) is 0 Å². The van der Waals surface area contributed by atoms with Crippen molar-refractivity contribution in [3.63, 3.8) is 0 Å². The molecule has 0 aromatic carbocycles. The normalized spacial score (nSPS) is 31.6. The summed E-state index contributed by atoms with van der Waals surface area (Å²) in [4.78, 5) is 59.1. The average molecular weight is 562 g/mol. The Morgan fingerprint density at radius 2 is 1.60 bits per heavy atom. The predicted molar refractivity (Wildman–Crippen MR) is 92.3 cm³/mol. The summed E-state index contributed by atoms with van der Waals surface area (Å²) in [5, 5.41) is 22.2. The maximum atomic E-state index is 12.0. The predicted octanol–water partition coefficient (Wildman–Crippen LogP) is -2.52. The Labute approximate surface area is 173 Å². The third-order valence-electron chi connectivity index (χ3n) is 3.59. The number of carbonyl (C=O) groups is 2. The molecule has 2 amide bonds. The zero-order valence-electron chi connectivity index (χ0n) is 14.6. The SMILES string of the molecule is C[Se]C1=C([C@@H]2O[C@H](COP(=O)(O)OP(=O)(O)OP(=O)(O)O)[C@@H](O)[C@H]2O)C(=O)NC1=O. The van der Waals surface area contributed by atoms with Crippen LogP contribution in [0.15, 0.2) is 10.0 Å². The van der Waals surface area contributed by atoms with Gasteiger partial charge in [0.25, 0.3) is 0 Å². The molecular formula is C10H16NO15P3Se. The number of phosphoric acid groups is 3. The van der Waals surface area contributed by atoms with E-state index in [1.807, 2.05) is 5.32 Å². The zero-order chi connectivity index (χ0) is 23.1. The van der Waals surface area contributed by atoms with Crippen molar-refractivity contribution < 1.29 is 71.0 Å². The molecule has 172 valence electrons. The average Bonchev–Trinajstić information content (AvgIpc) is 2.98. The fraction of sp³-hybridized carbons (Fsp3) is 0.600. The Bertz CT molecular complexity index is 899. The second kappa shape index (κ2) is 9.28. The molecule has 0 aromatic heterocycles. The van der Waals surface area contributed by atoms with Gasteiger partial charge in [0.05, 0.1) is 0 Å². The first kappa shape index (κ1) is 25.9. The minimum absolute atomic E-state index is 0.0669. The number of imide groups is 1. The molecule has 0 aromatic rings. The van der Waals surface area contributed by atoms with Gasteiger partial charge >= 0.3 is 159 Å². The van der Waals surface area contributed by atoms with E-state index in [1.54, 1.807) is 5.82 Å². The fourth-order valence-electron chi connectivity index (χ4n) is 2.51. The van der Waals surface area contributed by atoms with Gasteiger partial charge in [0.15, 0.2) is 0 Å². The van der Waals surface area contributed by atoms with Crippen molar-refractivity contribution in [1.29, 1.82) is 0 Å². The molecular weight excluding hydrogens is 546 g/mol. The molecule has 0 spiro atoms. The number of rotatable bonds is 9.